The Kier molecular flexibility index (Phi) is 2.10. The van der Waals surface area contributed by atoms with Crippen molar-refractivity contribution in [2.24, 2.45) is 0 Å². The van der Waals surface area contributed by atoms with Crippen LogP contribution in [0.3, 0.4) is 0 Å². The first kappa shape index (κ1) is 6.86. The summed E-state index contributed by atoms with van der Waals surface area (Å²) >= 11 is 0. The van der Waals surface area contributed by atoms with Crippen LogP contribution in [0.2, 0.25) is 0 Å². The number of pyridine rings is 1. The quantitative estimate of drug-likeness (QED) is 0.590. The molecule has 0 N–H and O–H groups in total. The van der Waals surface area contributed by atoms with Crippen molar-refractivity contribution in [1.29, 1.82) is 0 Å². The first-order valence-electron chi connectivity index (χ1n) is 3.14. The van der Waals surface area contributed by atoms with E-state index in [9.17, 15) is 4.79 Å². The molecule has 0 bridgehead atoms. The average Bonchev–Trinajstić information content (AvgIpc) is 1.95. The number of aromatic nitrogens is 1. The van der Waals surface area contributed by atoms with Gasteiger partial charge in [0.15, 0.2) is 5.43 Å². The minimum absolute atomic E-state index is 0.00375. The van der Waals surface area contributed by atoms with Crippen LogP contribution >= 0.6 is 0 Å². The van der Waals surface area contributed by atoms with Crippen LogP contribution in [0.15, 0.2) is 29.3 Å². The third-order valence-corrected chi connectivity index (χ3v) is 1.05. The van der Waals surface area contributed by atoms with Crippen molar-refractivity contribution in [3.8, 4) is 0 Å². The van der Waals surface area contributed by atoms with Gasteiger partial charge < -0.3 is 4.84 Å². The lowest BCUT2D eigenvalue weighted by molar-refractivity contribution is 0.120. The number of rotatable bonds is 2. The SMILES string of the molecule is CCOn1ccc(=O)cc1. The van der Waals surface area contributed by atoms with Gasteiger partial charge in [0.05, 0.1) is 0 Å². The Morgan fingerprint density at radius 1 is 1.50 bits per heavy atom. The molecule has 0 fully saturated rings. The van der Waals surface area contributed by atoms with Crippen LogP contribution in [0, 0.1) is 0 Å². The molecule has 0 saturated carbocycles. The second kappa shape index (κ2) is 3.06. The van der Waals surface area contributed by atoms with E-state index in [4.69, 9.17) is 4.84 Å². The standard InChI is InChI=1S/C7H9NO2/c1-2-10-8-5-3-7(9)4-6-8/h3-6H,2H2,1H3. The van der Waals surface area contributed by atoms with E-state index in [0.29, 0.717) is 6.61 Å². The normalized spacial score (nSPS) is 9.30. The first-order valence-corrected chi connectivity index (χ1v) is 3.14. The molecule has 3 nitrogen and oxygen atoms in total. The summed E-state index contributed by atoms with van der Waals surface area (Å²) in [6.45, 7) is 2.49. The number of hydrogen-bond acceptors (Lipinski definition) is 2. The lowest BCUT2D eigenvalue weighted by atomic mass is 10.5. The van der Waals surface area contributed by atoms with E-state index >= 15 is 0 Å². The van der Waals surface area contributed by atoms with E-state index in [-0.39, 0.29) is 5.43 Å². The topological polar surface area (TPSA) is 31.2 Å². The summed E-state index contributed by atoms with van der Waals surface area (Å²) in [5.74, 6) is 0. The van der Waals surface area contributed by atoms with Gasteiger partial charge in [0.2, 0.25) is 0 Å². The fraction of sp³-hybridized carbons (Fsp3) is 0.286. The second-order valence-corrected chi connectivity index (χ2v) is 1.81. The van der Waals surface area contributed by atoms with E-state index in [1.165, 1.54) is 16.9 Å². The molecule has 0 amide bonds. The second-order valence-electron chi connectivity index (χ2n) is 1.81. The van der Waals surface area contributed by atoms with E-state index in [1.807, 2.05) is 6.92 Å². The van der Waals surface area contributed by atoms with Crippen LogP contribution in [-0.2, 0) is 0 Å². The van der Waals surface area contributed by atoms with E-state index in [2.05, 4.69) is 0 Å². The molecule has 1 heterocycles. The molecule has 0 unspecified atom stereocenters. The molecule has 0 atom stereocenters. The Morgan fingerprint density at radius 3 is 2.60 bits per heavy atom. The van der Waals surface area contributed by atoms with Gasteiger partial charge in [-0.1, -0.05) is 0 Å². The zero-order valence-corrected chi connectivity index (χ0v) is 5.78. The highest BCUT2D eigenvalue weighted by Crippen LogP contribution is 1.77. The Bertz CT molecular complexity index is 234. The maximum absolute atomic E-state index is 10.6. The third-order valence-electron chi connectivity index (χ3n) is 1.05. The lowest BCUT2D eigenvalue weighted by Crippen LogP contribution is -2.12. The van der Waals surface area contributed by atoms with Crippen LogP contribution in [0.1, 0.15) is 6.92 Å². The lowest BCUT2D eigenvalue weighted by Gasteiger charge is -2.03. The highest BCUT2D eigenvalue weighted by molar-refractivity contribution is 4.91. The van der Waals surface area contributed by atoms with Gasteiger partial charge in [0, 0.05) is 24.5 Å². The highest BCUT2D eigenvalue weighted by atomic mass is 16.7. The fourth-order valence-electron chi connectivity index (χ4n) is 0.634. The zero-order valence-electron chi connectivity index (χ0n) is 5.78. The summed E-state index contributed by atoms with van der Waals surface area (Å²) in [5, 5.41) is 0. The molecule has 1 aromatic heterocycles. The largest absolute Gasteiger partial charge is 0.415 e. The summed E-state index contributed by atoms with van der Waals surface area (Å²) in [7, 11) is 0. The van der Waals surface area contributed by atoms with Crippen molar-refractivity contribution < 1.29 is 4.84 Å². The summed E-state index contributed by atoms with van der Waals surface area (Å²) in [5.41, 5.74) is -0.00375. The van der Waals surface area contributed by atoms with Crippen molar-refractivity contribution in [2.75, 3.05) is 6.61 Å². The smallest absolute Gasteiger partial charge is 0.181 e. The van der Waals surface area contributed by atoms with Crippen LogP contribution in [-0.4, -0.2) is 11.3 Å². The van der Waals surface area contributed by atoms with Crippen LogP contribution in [0.4, 0.5) is 0 Å². The molecule has 0 radical (unpaired) electrons. The van der Waals surface area contributed by atoms with E-state index < -0.39 is 0 Å². The maximum atomic E-state index is 10.6. The third kappa shape index (κ3) is 1.62. The van der Waals surface area contributed by atoms with Crippen LogP contribution < -0.4 is 10.3 Å². The van der Waals surface area contributed by atoms with E-state index in [0.717, 1.165) is 0 Å². The molecule has 0 aliphatic heterocycles. The molecule has 0 aliphatic carbocycles. The van der Waals surface area contributed by atoms with Crippen LogP contribution in [0.25, 0.3) is 0 Å². The molecular weight excluding hydrogens is 130 g/mol. The zero-order chi connectivity index (χ0) is 7.40. The van der Waals surface area contributed by atoms with E-state index in [1.54, 1.807) is 12.4 Å². The number of hydrogen-bond donors (Lipinski definition) is 0. The van der Waals surface area contributed by atoms with Crippen molar-refractivity contribution in [3.05, 3.63) is 34.7 Å². The van der Waals surface area contributed by atoms with Gasteiger partial charge in [-0.05, 0) is 6.92 Å². The monoisotopic (exact) mass is 139 g/mol. The molecular formula is C7H9NO2. The molecule has 1 aromatic rings. The molecule has 0 aliphatic rings. The fourth-order valence-corrected chi connectivity index (χ4v) is 0.634. The predicted octanol–water partition coefficient (Wildman–Crippen LogP) is 0.297. The minimum Gasteiger partial charge on any atom is -0.415 e. The Morgan fingerprint density at radius 2 is 2.10 bits per heavy atom. The van der Waals surface area contributed by atoms with Crippen molar-refractivity contribution in [3.63, 3.8) is 0 Å². The number of nitrogens with zero attached hydrogens (tertiary/aromatic N) is 1. The van der Waals surface area contributed by atoms with Gasteiger partial charge in [-0.2, -0.15) is 4.73 Å². The molecule has 1 rings (SSSR count). The minimum atomic E-state index is -0.00375. The Balaban J connectivity index is 2.79. The summed E-state index contributed by atoms with van der Waals surface area (Å²) < 4.78 is 1.50. The molecule has 3 heteroatoms. The molecule has 10 heavy (non-hydrogen) atoms. The van der Waals surface area contributed by atoms with Crippen LogP contribution in [0.5, 0.6) is 0 Å². The molecule has 0 aromatic carbocycles. The molecule has 54 valence electrons. The average molecular weight is 139 g/mol. The Hall–Kier alpha value is -1.25. The molecule has 0 spiro atoms. The molecule has 0 saturated heterocycles. The summed E-state index contributed by atoms with van der Waals surface area (Å²) in [4.78, 5) is 15.6. The Labute approximate surface area is 58.8 Å². The van der Waals surface area contributed by atoms with Gasteiger partial charge in [0.25, 0.3) is 0 Å². The van der Waals surface area contributed by atoms with Gasteiger partial charge >= 0.3 is 0 Å². The summed E-state index contributed by atoms with van der Waals surface area (Å²) in [6.07, 6.45) is 3.18. The van der Waals surface area contributed by atoms with Crippen molar-refractivity contribution >= 4 is 0 Å². The van der Waals surface area contributed by atoms with Gasteiger partial charge in [-0.15, -0.1) is 0 Å². The first-order chi connectivity index (χ1) is 4.83. The predicted molar refractivity (Wildman–Crippen MR) is 37.8 cm³/mol. The van der Waals surface area contributed by atoms with Crippen molar-refractivity contribution in [1.82, 2.24) is 4.73 Å². The summed E-state index contributed by atoms with van der Waals surface area (Å²) in [6, 6.07) is 2.91. The highest BCUT2D eigenvalue weighted by Gasteiger charge is 1.83. The van der Waals surface area contributed by atoms with Gasteiger partial charge in [0.1, 0.15) is 6.61 Å². The maximum Gasteiger partial charge on any atom is 0.181 e. The van der Waals surface area contributed by atoms with Gasteiger partial charge in [-0.3, -0.25) is 4.79 Å². The van der Waals surface area contributed by atoms with Crippen molar-refractivity contribution in [2.45, 2.75) is 6.92 Å². The van der Waals surface area contributed by atoms with Gasteiger partial charge in [-0.25, -0.2) is 0 Å².